The lowest BCUT2D eigenvalue weighted by Crippen LogP contribution is -2.32. The smallest absolute Gasteiger partial charge is 0.159 e. The quantitative estimate of drug-likeness (QED) is 0.686. The molecule has 0 radical (unpaired) electrons. The van der Waals surface area contributed by atoms with Crippen molar-refractivity contribution in [2.75, 3.05) is 0 Å². The number of aryl methyl sites for hydroxylation is 4. The average Bonchev–Trinajstić information content (AvgIpc) is 3.19. The summed E-state index contributed by atoms with van der Waals surface area (Å²) < 4.78 is 28.9. The van der Waals surface area contributed by atoms with Gasteiger partial charge in [-0.05, 0) is 67.9 Å². The van der Waals surface area contributed by atoms with E-state index in [-0.39, 0.29) is 12.0 Å². The van der Waals surface area contributed by atoms with Gasteiger partial charge in [0.1, 0.15) is 5.52 Å². The van der Waals surface area contributed by atoms with Crippen LogP contribution in [0.5, 0.6) is 0 Å². The normalized spacial score (nSPS) is 18.2. The second-order valence-electron chi connectivity index (χ2n) is 8.05. The Hall–Kier alpha value is -2.45. The van der Waals surface area contributed by atoms with Gasteiger partial charge >= 0.3 is 0 Å². The number of nitrogens with two attached hydrogens (primary N) is 1. The Labute approximate surface area is 167 Å². The summed E-state index contributed by atoms with van der Waals surface area (Å²) in [4.78, 5) is 0. The van der Waals surface area contributed by atoms with Gasteiger partial charge in [-0.25, -0.2) is 8.78 Å². The number of aromatic nitrogens is 4. The molecule has 8 heteroatoms. The molecule has 3 aromatic rings. The molecule has 0 bridgehead atoms. The Morgan fingerprint density at radius 2 is 1.97 bits per heavy atom. The summed E-state index contributed by atoms with van der Waals surface area (Å²) in [5.74, 6) is -1.78. The van der Waals surface area contributed by atoms with Crippen LogP contribution in [0.25, 0.3) is 11.0 Å². The molecule has 3 N–H and O–H groups in total. The number of aliphatic hydroxyl groups excluding tert-OH is 1. The van der Waals surface area contributed by atoms with Crippen molar-refractivity contribution in [1.82, 2.24) is 20.0 Å². The summed E-state index contributed by atoms with van der Waals surface area (Å²) in [6, 6.07) is 2.15. The molecule has 2 aromatic heterocycles. The summed E-state index contributed by atoms with van der Waals surface area (Å²) in [6.45, 7) is 3.88. The number of hydrogen-bond acceptors (Lipinski definition) is 5. The maximum atomic E-state index is 13.7. The summed E-state index contributed by atoms with van der Waals surface area (Å²) in [6.07, 6.45) is 1.31. The van der Waals surface area contributed by atoms with E-state index >= 15 is 0 Å². The first-order valence-electron chi connectivity index (χ1n) is 9.83. The largest absolute Gasteiger partial charge is 0.393 e. The molecule has 0 spiro atoms. The lowest BCUT2D eigenvalue weighted by molar-refractivity contribution is 0.150. The van der Waals surface area contributed by atoms with Gasteiger partial charge in [0, 0.05) is 19.5 Å². The van der Waals surface area contributed by atoms with Crippen LogP contribution in [0.3, 0.4) is 0 Å². The minimum absolute atomic E-state index is 0.0973. The van der Waals surface area contributed by atoms with Gasteiger partial charge in [-0.2, -0.15) is 10.2 Å². The zero-order valence-electron chi connectivity index (χ0n) is 16.8. The molecule has 3 unspecified atom stereocenters. The SMILES string of the molecule is Cc1nnc2c(CC(O)CC(N)C3CCc4cc(F)c(F)cc43)nn(C)c2c1C. The fourth-order valence-electron chi connectivity index (χ4n) is 4.46. The fourth-order valence-corrected chi connectivity index (χ4v) is 4.46. The van der Waals surface area contributed by atoms with Crippen LogP contribution in [0.1, 0.15) is 46.8 Å². The molecule has 2 heterocycles. The van der Waals surface area contributed by atoms with Crippen LogP contribution in [-0.4, -0.2) is 37.2 Å². The molecular formula is C21H25F2N5O. The van der Waals surface area contributed by atoms with Gasteiger partial charge in [0.05, 0.1) is 23.0 Å². The summed E-state index contributed by atoms with van der Waals surface area (Å²) in [5, 5.41) is 23.6. The highest BCUT2D eigenvalue weighted by Crippen LogP contribution is 2.37. The highest BCUT2D eigenvalue weighted by molar-refractivity contribution is 5.80. The molecule has 3 atom stereocenters. The van der Waals surface area contributed by atoms with Crippen molar-refractivity contribution in [3.63, 3.8) is 0 Å². The van der Waals surface area contributed by atoms with Gasteiger partial charge < -0.3 is 10.8 Å². The van der Waals surface area contributed by atoms with Crippen molar-refractivity contribution in [1.29, 1.82) is 0 Å². The average molecular weight is 401 g/mol. The predicted octanol–water partition coefficient (Wildman–Crippen LogP) is 2.61. The van der Waals surface area contributed by atoms with Crippen LogP contribution >= 0.6 is 0 Å². The predicted molar refractivity (Wildman–Crippen MR) is 106 cm³/mol. The van der Waals surface area contributed by atoms with Gasteiger partial charge in [-0.15, -0.1) is 5.10 Å². The number of fused-ring (bicyclic) bond motifs is 2. The third-order valence-electron chi connectivity index (χ3n) is 6.09. The van der Waals surface area contributed by atoms with E-state index < -0.39 is 17.7 Å². The van der Waals surface area contributed by atoms with Crippen LogP contribution in [0.15, 0.2) is 12.1 Å². The summed E-state index contributed by atoms with van der Waals surface area (Å²) >= 11 is 0. The Bertz CT molecular complexity index is 1080. The van der Waals surface area contributed by atoms with Crippen molar-refractivity contribution < 1.29 is 13.9 Å². The summed E-state index contributed by atoms with van der Waals surface area (Å²) in [7, 11) is 1.85. The molecule has 0 aliphatic heterocycles. The van der Waals surface area contributed by atoms with E-state index in [9.17, 15) is 13.9 Å². The molecule has 0 saturated carbocycles. The Morgan fingerprint density at radius 3 is 2.72 bits per heavy atom. The minimum atomic E-state index is -0.854. The highest BCUT2D eigenvalue weighted by Gasteiger charge is 2.31. The van der Waals surface area contributed by atoms with E-state index in [0.29, 0.717) is 30.5 Å². The van der Waals surface area contributed by atoms with Crippen LogP contribution in [0, 0.1) is 25.5 Å². The van der Waals surface area contributed by atoms with E-state index in [2.05, 4.69) is 15.3 Å². The monoisotopic (exact) mass is 401 g/mol. The molecule has 154 valence electrons. The fraction of sp³-hybridized carbons (Fsp3) is 0.476. The molecule has 1 aliphatic carbocycles. The maximum Gasteiger partial charge on any atom is 0.159 e. The molecule has 4 rings (SSSR count). The Balaban J connectivity index is 1.50. The maximum absolute atomic E-state index is 13.7. The lowest BCUT2D eigenvalue weighted by Gasteiger charge is -2.23. The summed E-state index contributed by atoms with van der Waals surface area (Å²) in [5.41, 5.74) is 12.1. The highest BCUT2D eigenvalue weighted by atomic mass is 19.2. The van der Waals surface area contributed by atoms with E-state index in [4.69, 9.17) is 5.73 Å². The number of aliphatic hydroxyl groups is 1. The first-order chi connectivity index (χ1) is 13.8. The molecule has 6 nitrogen and oxygen atoms in total. The Morgan fingerprint density at radius 1 is 1.24 bits per heavy atom. The van der Waals surface area contributed by atoms with E-state index in [1.54, 1.807) is 4.68 Å². The second-order valence-corrected chi connectivity index (χ2v) is 8.05. The van der Waals surface area contributed by atoms with Crippen LogP contribution < -0.4 is 5.73 Å². The van der Waals surface area contributed by atoms with Crippen molar-refractivity contribution in [3.8, 4) is 0 Å². The second kappa shape index (κ2) is 7.42. The number of nitrogens with zero attached hydrogens (tertiary/aromatic N) is 4. The molecule has 0 saturated heterocycles. The van der Waals surface area contributed by atoms with E-state index in [1.807, 2.05) is 20.9 Å². The van der Waals surface area contributed by atoms with Gasteiger partial charge in [-0.1, -0.05) is 0 Å². The van der Waals surface area contributed by atoms with Crippen LogP contribution in [-0.2, 0) is 19.9 Å². The lowest BCUT2D eigenvalue weighted by atomic mass is 9.89. The number of rotatable bonds is 5. The molecular weight excluding hydrogens is 376 g/mol. The van der Waals surface area contributed by atoms with Crippen LogP contribution in [0.2, 0.25) is 0 Å². The number of halogens is 2. The van der Waals surface area contributed by atoms with Crippen molar-refractivity contribution in [2.45, 2.75) is 57.6 Å². The van der Waals surface area contributed by atoms with E-state index in [0.717, 1.165) is 34.3 Å². The van der Waals surface area contributed by atoms with Gasteiger partial charge in [0.15, 0.2) is 11.6 Å². The minimum Gasteiger partial charge on any atom is -0.393 e. The van der Waals surface area contributed by atoms with Crippen molar-refractivity contribution in [2.24, 2.45) is 12.8 Å². The number of benzene rings is 1. The zero-order valence-corrected chi connectivity index (χ0v) is 16.8. The van der Waals surface area contributed by atoms with Crippen molar-refractivity contribution in [3.05, 3.63) is 51.8 Å². The molecule has 0 amide bonds. The zero-order chi connectivity index (χ0) is 20.9. The number of hydrogen-bond donors (Lipinski definition) is 2. The third-order valence-corrected chi connectivity index (χ3v) is 6.09. The van der Waals surface area contributed by atoms with Gasteiger partial charge in [0.25, 0.3) is 0 Å². The molecule has 1 aliphatic rings. The molecule has 29 heavy (non-hydrogen) atoms. The standard InChI is InChI=1S/C21H25F2N5O/c1-10-11(2)25-26-20-19(27-28(3)21(10)20)8-13(29)7-18(24)14-5-4-12-6-16(22)17(23)9-15(12)14/h6,9,13-14,18,29H,4-5,7-8,24H2,1-3H3. The van der Waals surface area contributed by atoms with E-state index in [1.165, 1.54) is 12.1 Å². The topological polar surface area (TPSA) is 89.8 Å². The third kappa shape index (κ3) is 3.51. The van der Waals surface area contributed by atoms with Crippen molar-refractivity contribution >= 4 is 11.0 Å². The molecule has 1 aromatic carbocycles. The first kappa shape index (κ1) is 19.8. The Kier molecular flexibility index (Phi) is 5.08. The first-order valence-corrected chi connectivity index (χ1v) is 9.83. The molecule has 0 fully saturated rings. The van der Waals surface area contributed by atoms with Gasteiger partial charge in [0.2, 0.25) is 0 Å². The van der Waals surface area contributed by atoms with Gasteiger partial charge in [-0.3, -0.25) is 4.68 Å². The van der Waals surface area contributed by atoms with Crippen LogP contribution in [0.4, 0.5) is 8.78 Å².